The first-order valence-electron chi connectivity index (χ1n) is 8.64. The van der Waals surface area contributed by atoms with Crippen molar-refractivity contribution >= 4 is 27.3 Å². The van der Waals surface area contributed by atoms with Crippen LogP contribution < -0.4 is 4.74 Å². The first-order valence-corrected chi connectivity index (χ1v) is 10.8. The summed E-state index contributed by atoms with van der Waals surface area (Å²) in [6, 6.07) is 3.36. The Labute approximate surface area is 160 Å². The number of hydrogen-bond acceptors (Lipinski definition) is 5. The highest BCUT2D eigenvalue weighted by Gasteiger charge is 2.36. The highest BCUT2D eigenvalue weighted by Crippen LogP contribution is 2.32. The summed E-state index contributed by atoms with van der Waals surface area (Å²) in [7, 11) is 0.383. The molecule has 0 aromatic heterocycles. The molecule has 1 saturated heterocycles. The van der Waals surface area contributed by atoms with Crippen molar-refractivity contribution in [3.8, 4) is 5.75 Å². The molecule has 0 N–H and O–H groups in total. The molecule has 0 bridgehead atoms. The first kappa shape index (κ1) is 21.0. The van der Waals surface area contributed by atoms with Gasteiger partial charge >= 0.3 is 0 Å². The lowest BCUT2D eigenvalue weighted by Gasteiger charge is -2.33. The zero-order chi connectivity index (χ0) is 19.6. The fourth-order valence-electron chi connectivity index (χ4n) is 3.17. The van der Waals surface area contributed by atoms with Crippen LogP contribution in [0.2, 0.25) is 5.02 Å². The molecule has 6 nitrogen and oxygen atoms in total. The number of halogens is 1. The summed E-state index contributed by atoms with van der Waals surface area (Å²) in [6.45, 7) is 5.79. The van der Waals surface area contributed by atoms with Crippen molar-refractivity contribution in [1.82, 2.24) is 10.0 Å². The number of aryl methyl sites for hydroxylation is 1. The lowest BCUT2D eigenvalue weighted by molar-refractivity contribution is -0.151. The Morgan fingerprint density at radius 2 is 2.00 bits per heavy atom. The fraction of sp³-hybridized carbons (Fsp3) is 0.611. The van der Waals surface area contributed by atoms with Crippen molar-refractivity contribution in [2.75, 3.05) is 32.2 Å². The Hall–Kier alpha value is -1.31. The number of amides is 1. The standard InChI is InChI=1S/C18H27ClN2O4S/c1-12(2)15-9-16(19)13(3)8-17(15)25-10-18(22)21(20(4)5)14-6-7-26(23,24)11-14/h8-9,12,14H,6-7,10-11H2,1-5H3. The number of hydrazine groups is 1. The van der Waals surface area contributed by atoms with Gasteiger partial charge in [-0.05, 0) is 42.5 Å². The Morgan fingerprint density at radius 3 is 2.50 bits per heavy atom. The van der Waals surface area contributed by atoms with Crippen LogP contribution in [0, 0.1) is 6.92 Å². The van der Waals surface area contributed by atoms with Gasteiger partial charge in [0.15, 0.2) is 16.4 Å². The molecule has 1 aliphatic heterocycles. The SMILES string of the molecule is Cc1cc(OCC(=O)N(C2CCS(=O)(=O)C2)N(C)C)c(C(C)C)cc1Cl. The number of hydrogen-bond donors (Lipinski definition) is 0. The molecular formula is C18H27ClN2O4S. The van der Waals surface area contributed by atoms with Gasteiger partial charge in [0.1, 0.15) is 5.75 Å². The maximum atomic E-state index is 12.7. The Balaban J connectivity index is 2.15. The molecule has 8 heteroatoms. The predicted molar refractivity (Wildman–Crippen MR) is 103 cm³/mol. The number of rotatable bonds is 6. The molecule has 1 aromatic carbocycles. The van der Waals surface area contributed by atoms with Gasteiger partial charge in [-0.3, -0.25) is 9.80 Å². The summed E-state index contributed by atoms with van der Waals surface area (Å²) >= 11 is 6.20. The second-order valence-corrected chi connectivity index (χ2v) is 9.86. The van der Waals surface area contributed by atoms with Gasteiger partial charge in [0, 0.05) is 19.1 Å². The Morgan fingerprint density at radius 1 is 1.35 bits per heavy atom. The van der Waals surface area contributed by atoms with Crippen molar-refractivity contribution in [2.45, 2.75) is 39.2 Å². The molecule has 0 aliphatic carbocycles. The second kappa shape index (κ2) is 8.15. The van der Waals surface area contributed by atoms with Crippen LogP contribution in [0.4, 0.5) is 0 Å². The molecule has 1 fully saturated rings. The van der Waals surface area contributed by atoms with Gasteiger partial charge in [0.25, 0.3) is 5.91 Å². The molecule has 1 unspecified atom stereocenters. The van der Waals surface area contributed by atoms with Gasteiger partial charge in [0.2, 0.25) is 0 Å². The summed E-state index contributed by atoms with van der Waals surface area (Å²) in [5.74, 6) is 0.675. The molecule has 0 radical (unpaired) electrons. The van der Waals surface area contributed by atoms with E-state index in [0.29, 0.717) is 17.2 Å². The van der Waals surface area contributed by atoms with E-state index in [0.717, 1.165) is 11.1 Å². The van der Waals surface area contributed by atoms with E-state index < -0.39 is 9.84 Å². The normalized spacial score (nSPS) is 19.2. The van der Waals surface area contributed by atoms with Crippen molar-refractivity contribution < 1.29 is 17.9 Å². The van der Waals surface area contributed by atoms with Crippen LogP contribution in [-0.4, -0.2) is 62.6 Å². The number of sulfone groups is 1. The van der Waals surface area contributed by atoms with Crippen LogP contribution in [0.15, 0.2) is 12.1 Å². The van der Waals surface area contributed by atoms with E-state index in [1.165, 1.54) is 5.01 Å². The fourth-order valence-corrected chi connectivity index (χ4v) is 5.04. The largest absolute Gasteiger partial charge is 0.483 e. The second-order valence-electron chi connectivity index (χ2n) is 7.22. The van der Waals surface area contributed by atoms with Crippen molar-refractivity contribution in [3.05, 3.63) is 28.3 Å². The molecule has 0 saturated carbocycles. The maximum absolute atomic E-state index is 12.7. The summed E-state index contributed by atoms with van der Waals surface area (Å²) < 4.78 is 29.3. The van der Waals surface area contributed by atoms with Crippen LogP contribution in [0.25, 0.3) is 0 Å². The van der Waals surface area contributed by atoms with E-state index in [9.17, 15) is 13.2 Å². The molecule has 26 heavy (non-hydrogen) atoms. The lowest BCUT2D eigenvalue weighted by Crippen LogP contribution is -2.51. The quantitative estimate of drug-likeness (QED) is 0.684. The number of ether oxygens (including phenoxy) is 1. The molecule has 1 amide bonds. The topological polar surface area (TPSA) is 66.9 Å². The average Bonchev–Trinajstić information content (AvgIpc) is 2.87. The van der Waals surface area contributed by atoms with E-state index >= 15 is 0 Å². The van der Waals surface area contributed by atoms with Crippen molar-refractivity contribution in [1.29, 1.82) is 0 Å². The van der Waals surface area contributed by atoms with Gasteiger partial charge in [0.05, 0.1) is 17.5 Å². The first-order chi connectivity index (χ1) is 12.0. The van der Waals surface area contributed by atoms with Crippen LogP contribution >= 0.6 is 11.6 Å². The van der Waals surface area contributed by atoms with E-state index in [-0.39, 0.29) is 36.0 Å². The lowest BCUT2D eigenvalue weighted by atomic mass is 10.0. The molecule has 2 rings (SSSR count). The predicted octanol–water partition coefficient (Wildman–Crippen LogP) is 2.64. The van der Waals surface area contributed by atoms with Gasteiger partial charge in [-0.15, -0.1) is 0 Å². The molecule has 0 spiro atoms. The summed E-state index contributed by atoms with van der Waals surface area (Å²) in [4.78, 5) is 12.7. The Kier molecular flexibility index (Phi) is 6.58. The minimum Gasteiger partial charge on any atom is -0.483 e. The van der Waals surface area contributed by atoms with Gasteiger partial charge in [-0.1, -0.05) is 25.4 Å². The van der Waals surface area contributed by atoms with E-state index in [4.69, 9.17) is 16.3 Å². The third-order valence-corrected chi connectivity index (χ3v) is 6.66. The Bertz CT molecular complexity index is 778. The molecular weight excluding hydrogens is 376 g/mol. The molecule has 1 atom stereocenters. The smallest absolute Gasteiger partial charge is 0.275 e. The summed E-state index contributed by atoms with van der Waals surface area (Å²) in [5.41, 5.74) is 1.82. The van der Waals surface area contributed by atoms with Crippen LogP contribution in [0.3, 0.4) is 0 Å². The zero-order valence-electron chi connectivity index (χ0n) is 16.0. The average molecular weight is 403 g/mol. The number of nitrogens with zero attached hydrogens (tertiary/aromatic N) is 2. The highest BCUT2D eigenvalue weighted by atomic mass is 35.5. The minimum atomic E-state index is -3.08. The molecule has 1 heterocycles. The number of benzene rings is 1. The van der Waals surface area contributed by atoms with E-state index in [1.54, 1.807) is 19.1 Å². The van der Waals surface area contributed by atoms with E-state index in [1.807, 2.05) is 32.9 Å². The van der Waals surface area contributed by atoms with Gasteiger partial charge in [-0.25, -0.2) is 13.4 Å². The third-order valence-electron chi connectivity index (χ3n) is 4.50. The summed E-state index contributed by atoms with van der Waals surface area (Å²) in [6.07, 6.45) is 0.448. The summed E-state index contributed by atoms with van der Waals surface area (Å²) in [5, 5.41) is 3.79. The van der Waals surface area contributed by atoms with Crippen molar-refractivity contribution in [3.63, 3.8) is 0 Å². The minimum absolute atomic E-state index is 0.00574. The number of carbonyl (C=O) groups excluding carboxylic acids is 1. The van der Waals surface area contributed by atoms with Crippen LogP contribution in [0.5, 0.6) is 5.75 Å². The van der Waals surface area contributed by atoms with Crippen molar-refractivity contribution in [2.24, 2.45) is 0 Å². The maximum Gasteiger partial charge on any atom is 0.275 e. The van der Waals surface area contributed by atoms with E-state index in [2.05, 4.69) is 0 Å². The molecule has 1 aliphatic rings. The highest BCUT2D eigenvalue weighted by molar-refractivity contribution is 7.91. The van der Waals surface area contributed by atoms with Crippen LogP contribution in [-0.2, 0) is 14.6 Å². The monoisotopic (exact) mass is 402 g/mol. The third kappa shape index (κ3) is 4.90. The van der Waals surface area contributed by atoms with Gasteiger partial charge < -0.3 is 4.74 Å². The molecule has 146 valence electrons. The van der Waals surface area contributed by atoms with Crippen LogP contribution in [0.1, 0.15) is 37.3 Å². The number of carbonyl (C=O) groups is 1. The molecule has 1 aromatic rings. The van der Waals surface area contributed by atoms with Gasteiger partial charge in [-0.2, -0.15) is 0 Å². The zero-order valence-corrected chi connectivity index (χ0v) is 17.5.